The number of para-hydroxylation sites is 1. The molecule has 1 aromatic heterocycles. The molecule has 1 heterocycles. The first-order valence-electron chi connectivity index (χ1n) is 5.39. The summed E-state index contributed by atoms with van der Waals surface area (Å²) in [5.41, 5.74) is 3.46. The summed E-state index contributed by atoms with van der Waals surface area (Å²) < 4.78 is 1.72. The van der Waals surface area contributed by atoms with E-state index in [1.54, 1.807) is 12.1 Å². The lowest BCUT2D eigenvalue weighted by molar-refractivity contribution is -0.384. The molecule has 0 saturated heterocycles. The largest absolute Gasteiger partial charge is 0.318 e. The van der Waals surface area contributed by atoms with E-state index in [9.17, 15) is 10.1 Å². The van der Waals surface area contributed by atoms with Crippen molar-refractivity contribution >= 4 is 46.2 Å². The molecule has 0 unspecified atom stereocenters. The third-order valence-corrected chi connectivity index (χ3v) is 5.46. The number of hydrogen-bond donors (Lipinski definition) is 2. The van der Waals surface area contributed by atoms with Gasteiger partial charge < -0.3 is 5.43 Å². The van der Waals surface area contributed by atoms with Crippen molar-refractivity contribution in [2.24, 2.45) is 5.84 Å². The van der Waals surface area contributed by atoms with Crippen LogP contribution >= 0.6 is 34.9 Å². The van der Waals surface area contributed by atoms with Crippen molar-refractivity contribution in [3.63, 3.8) is 0 Å². The molecule has 10 heteroatoms. The van der Waals surface area contributed by atoms with Crippen LogP contribution < -0.4 is 11.3 Å². The lowest BCUT2D eigenvalue weighted by Gasteiger charge is -2.07. The van der Waals surface area contributed by atoms with Crippen LogP contribution in [0.4, 0.5) is 11.4 Å². The van der Waals surface area contributed by atoms with Crippen molar-refractivity contribution in [3.8, 4) is 0 Å². The van der Waals surface area contributed by atoms with Gasteiger partial charge in [-0.05, 0) is 11.8 Å². The minimum atomic E-state index is -0.458. The Morgan fingerprint density at radius 2 is 2.20 bits per heavy atom. The summed E-state index contributed by atoms with van der Waals surface area (Å²) in [5.74, 6) is 5.92. The number of hydrazine groups is 1. The number of nitro benzene ring substituents is 1. The Labute approximate surface area is 127 Å². The van der Waals surface area contributed by atoms with Crippen molar-refractivity contribution in [2.45, 2.75) is 14.4 Å². The van der Waals surface area contributed by atoms with Gasteiger partial charge in [-0.25, -0.2) is 0 Å². The molecule has 0 atom stereocenters. The molecular formula is C10H11N5O2S3. The van der Waals surface area contributed by atoms with Gasteiger partial charge in [0.25, 0.3) is 5.69 Å². The van der Waals surface area contributed by atoms with E-state index in [4.69, 9.17) is 5.84 Å². The molecule has 2 rings (SSSR count). The minimum absolute atomic E-state index is 0.0346. The van der Waals surface area contributed by atoms with Gasteiger partial charge in [0.15, 0.2) is 8.68 Å². The smallest absolute Gasteiger partial charge is 0.293 e. The van der Waals surface area contributed by atoms with E-state index in [1.165, 1.54) is 40.9 Å². The SMILES string of the molecule is CSc1nnc(SCc2cccc([N+](=O)[O-])c2NN)s1. The summed E-state index contributed by atoms with van der Waals surface area (Å²) in [7, 11) is 0. The van der Waals surface area contributed by atoms with E-state index in [-0.39, 0.29) is 5.69 Å². The van der Waals surface area contributed by atoms with E-state index in [2.05, 4.69) is 15.6 Å². The van der Waals surface area contributed by atoms with Gasteiger partial charge in [0.05, 0.1) is 4.92 Å². The predicted molar refractivity (Wildman–Crippen MR) is 82.2 cm³/mol. The monoisotopic (exact) mass is 329 g/mol. The number of nitrogen functional groups attached to an aromatic ring is 1. The van der Waals surface area contributed by atoms with E-state index < -0.39 is 4.92 Å². The minimum Gasteiger partial charge on any atom is -0.318 e. The molecule has 0 radical (unpaired) electrons. The Balaban J connectivity index is 2.16. The van der Waals surface area contributed by atoms with Crippen LogP contribution in [0.2, 0.25) is 0 Å². The number of nitro groups is 1. The van der Waals surface area contributed by atoms with E-state index in [0.717, 1.165) is 14.2 Å². The fourth-order valence-electron chi connectivity index (χ4n) is 1.50. The number of aromatic nitrogens is 2. The Morgan fingerprint density at radius 3 is 2.80 bits per heavy atom. The van der Waals surface area contributed by atoms with E-state index in [0.29, 0.717) is 11.4 Å². The van der Waals surface area contributed by atoms with Crippen LogP contribution in [-0.2, 0) is 5.75 Å². The van der Waals surface area contributed by atoms with Gasteiger partial charge in [0, 0.05) is 11.8 Å². The number of anilines is 1. The highest BCUT2D eigenvalue weighted by Crippen LogP contribution is 2.34. The average Bonchev–Trinajstić information content (AvgIpc) is 2.92. The molecule has 0 aliphatic heterocycles. The molecule has 20 heavy (non-hydrogen) atoms. The lowest BCUT2D eigenvalue weighted by atomic mass is 10.2. The van der Waals surface area contributed by atoms with Gasteiger partial charge in [-0.2, -0.15) is 0 Å². The molecule has 0 saturated carbocycles. The maximum atomic E-state index is 10.9. The zero-order valence-electron chi connectivity index (χ0n) is 10.4. The molecule has 106 valence electrons. The van der Waals surface area contributed by atoms with Crippen LogP contribution in [0.15, 0.2) is 26.9 Å². The molecule has 0 amide bonds. The van der Waals surface area contributed by atoms with Crippen molar-refractivity contribution in [2.75, 3.05) is 11.7 Å². The highest BCUT2D eigenvalue weighted by atomic mass is 32.2. The van der Waals surface area contributed by atoms with Gasteiger partial charge in [0.1, 0.15) is 5.69 Å². The second kappa shape index (κ2) is 6.88. The highest BCUT2D eigenvalue weighted by molar-refractivity contribution is 8.02. The van der Waals surface area contributed by atoms with Crippen LogP contribution in [0.25, 0.3) is 0 Å². The topological polar surface area (TPSA) is 107 Å². The van der Waals surface area contributed by atoms with Gasteiger partial charge in [-0.3, -0.25) is 16.0 Å². The highest BCUT2D eigenvalue weighted by Gasteiger charge is 2.17. The first-order valence-corrected chi connectivity index (χ1v) is 8.41. The standard InChI is InChI=1S/C10H11N5O2S3/c1-18-9-13-14-10(20-9)19-5-6-3-2-4-7(15(16)17)8(6)12-11/h2-4,12H,5,11H2,1H3. The Bertz CT molecular complexity index is 619. The number of rotatable bonds is 6. The summed E-state index contributed by atoms with van der Waals surface area (Å²) in [5, 5.41) is 19.0. The maximum Gasteiger partial charge on any atom is 0.293 e. The molecule has 0 fully saturated rings. The molecule has 0 aliphatic rings. The third-order valence-electron chi connectivity index (χ3n) is 2.38. The number of thioether (sulfide) groups is 2. The Kier molecular flexibility index (Phi) is 5.17. The zero-order valence-corrected chi connectivity index (χ0v) is 12.8. The molecule has 0 spiro atoms. The predicted octanol–water partition coefficient (Wildman–Crippen LogP) is 2.75. The first-order chi connectivity index (χ1) is 9.65. The van der Waals surface area contributed by atoms with Gasteiger partial charge in [-0.1, -0.05) is 47.0 Å². The average molecular weight is 329 g/mol. The third kappa shape index (κ3) is 3.39. The van der Waals surface area contributed by atoms with Gasteiger partial charge >= 0.3 is 0 Å². The second-order valence-corrected chi connectivity index (χ2v) is 6.79. The Hall–Kier alpha value is -1.36. The quantitative estimate of drug-likeness (QED) is 0.360. The number of hydrogen-bond acceptors (Lipinski definition) is 9. The van der Waals surface area contributed by atoms with Crippen molar-refractivity contribution in [3.05, 3.63) is 33.9 Å². The fourth-order valence-corrected chi connectivity index (χ4v) is 3.93. The maximum absolute atomic E-state index is 10.9. The van der Waals surface area contributed by atoms with Crippen LogP contribution in [0.1, 0.15) is 5.56 Å². The van der Waals surface area contributed by atoms with E-state index >= 15 is 0 Å². The van der Waals surface area contributed by atoms with Crippen LogP contribution in [-0.4, -0.2) is 21.4 Å². The number of nitrogens with zero attached hydrogens (tertiary/aromatic N) is 3. The molecule has 1 aromatic carbocycles. The summed E-state index contributed by atoms with van der Waals surface area (Å²) in [6.07, 6.45) is 1.94. The van der Waals surface area contributed by atoms with Crippen molar-refractivity contribution in [1.29, 1.82) is 0 Å². The summed E-state index contributed by atoms with van der Waals surface area (Å²) >= 11 is 4.50. The summed E-state index contributed by atoms with van der Waals surface area (Å²) in [4.78, 5) is 10.5. The normalized spacial score (nSPS) is 10.5. The molecular weight excluding hydrogens is 318 g/mol. The molecule has 0 aliphatic carbocycles. The molecule has 3 N–H and O–H groups in total. The number of nitrogens with one attached hydrogen (secondary N) is 1. The second-order valence-electron chi connectivity index (χ2n) is 3.54. The molecule has 7 nitrogen and oxygen atoms in total. The van der Waals surface area contributed by atoms with Gasteiger partial charge in [-0.15, -0.1) is 10.2 Å². The zero-order chi connectivity index (χ0) is 14.5. The van der Waals surface area contributed by atoms with Crippen molar-refractivity contribution in [1.82, 2.24) is 10.2 Å². The number of nitrogens with two attached hydrogens (primary N) is 1. The van der Waals surface area contributed by atoms with Crippen LogP contribution in [0.5, 0.6) is 0 Å². The van der Waals surface area contributed by atoms with Gasteiger partial charge in [0.2, 0.25) is 0 Å². The fraction of sp³-hybridized carbons (Fsp3) is 0.200. The van der Waals surface area contributed by atoms with Crippen molar-refractivity contribution < 1.29 is 4.92 Å². The summed E-state index contributed by atoms with van der Waals surface area (Å²) in [6.45, 7) is 0. The first kappa shape index (κ1) is 15.0. The summed E-state index contributed by atoms with van der Waals surface area (Å²) in [6, 6.07) is 4.86. The van der Waals surface area contributed by atoms with E-state index in [1.807, 2.05) is 6.26 Å². The van der Waals surface area contributed by atoms with Crippen LogP contribution in [0.3, 0.4) is 0 Å². The lowest BCUT2D eigenvalue weighted by Crippen LogP contribution is -2.11. The molecule has 0 bridgehead atoms. The molecule has 2 aromatic rings. The number of benzene rings is 1. The van der Waals surface area contributed by atoms with Crippen LogP contribution in [0, 0.1) is 10.1 Å². The Morgan fingerprint density at radius 1 is 1.45 bits per heavy atom.